The van der Waals surface area contributed by atoms with Gasteiger partial charge in [0.05, 0.1) is 35.8 Å². The molecule has 0 saturated carbocycles. The number of amides is 1. The van der Waals surface area contributed by atoms with Gasteiger partial charge in [-0.25, -0.2) is 4.79 Å². The number of carbonyl (C=O) groups excluding carboxylic acids is 2. The predicted octanol–water partition coefficient (Wildman–Crippen LogP) is 7.69. The van der Waals surface area contributed by atoms with Crippen molar-refractivity contribution >= 4 is 28.5 Å². The van der Waals surface area contributed by atoms with E-state index in [2.05, 4.69) is 6.92 Å². The Hall–Kier alpha value is -4.39. The third-order valence-corrected chi connectivity index (χ3v) is 7.81. The fourth-order valence-electron chi connectivity index (χ4n) is 5.25. The van der Waals surface area contributed by atoms with Crippen LogP contribution in [0.4, 0.5) is 5.69 Å². The lowest BCUT2D eigenvalue weighted by atomic mass is 9.97. The van der Waals surface area contributed by atoms with Crippen molar-refractivity contribution in [3.63, 3.8) is 0 Å². The molecule has 0 fully saturated rings. The van der Waals surface area contributed by atoms with Gasteiger partial charge in [0, 0.05) is 5.69 Å². The second kappa shape index (κ2) is 12.6. The molecule has 0 N–H and O–H groups in total. The molecule has 1 aliphatic heterocycles. The van der Waals surface area contributed by atoms with Crippen LogP contribution in [-0.4, -0.2) is 25.1 Å². The molecule has 42 heavy (non-hydrogen) atoms. The Kier molecular flexibility index (Phi) is 8.76. The zero-order valence-corrected chi connectivity index (χ0v) is 24.7. The van der Waals surface area contributed by atoms with Gasteiger partial charge in [0.15, 0.2) is 5.43 Å². The van der Waals surface area contributed by atoms with Crippen molar-refractivity contribution in [3.05, 3.63) is 104 Å². The second-order valence-electron chi connectivity index (χ2n) is 10.8. The molecular formula is C35H37NO6. The minimum atomic E-state index is -0.716. The third kappa shape index (κ3) is 5.69. The number of carbonyl (C=O) groups is 2. The van der Waals surface area contributed by atoms with E-state index < -0.39 is 17.9 Å². The second-order valence-corrected chi connectivity index (χ2v) is 10.8. The largest absolute Gasteiger partial charge is 0.494 e. The van der Waals surface area contributed by atoms with Crippen molar-refractivity contribution in [2.75, 3.05) is 18.1 Å². The number of benzene rings is 3. The molecule has 218 valence electrons. The minimum absolute atomic E-state index is 0.0312. The average molecular weight is 568 g/mol. The fraction of sp³-hybridized carbons (Fsp3) is 0.343. The van der Waals surface area contributed by atoms with Crippen LogP contribution < -0.4 is 15.1 Å². The summed E-state index contributed by atoms with van der Waals surface area (Å²) in [4.78, 5) is 42.0. The molecule has 0 radical (unpaired) electrons. The Balaban J connectivity index is 1.56. The monoisotopic (exact) mass is 567 g/mol. The van der Waals surface area contributed by atoms with E-state index in [1.807, 2.05) is 51.1 Å². The lowest BCUT2D eigenvalue weighted by molar-refractivity contribution is 0.0499. The summed E-state index contributed by atoms with van der Waals surface area (Å²) in [6.07, 6.45) is 4.92. The number of aryl methyl sites for hydroxylation is 2. The van der Waals surface area contributed by atoms with Crippen LogP contribution in [0.15, 0.2) is 69.9 Å². The van der Waals surface area contributed by atoms with E-state index in [4.69, 9.17) is 13.9 Å². The molecule has 0 bridgehead atoms. The van der Waals surface area contributed by atoms with Crippen molar-refractivity contribution in [2.45, 2.75) is 65.8 Å². The maximum absolute atomic E-state index is 14.0. The van der Waals surface area contributed by atoms with Gasteiger partial charge in [-0.1, -0.05) is 45.2 Å². The molecule has 1 atom stereocenters. The Labute approximate surface area is 246 Å². The van der Waals surface area contributed by atoms with Crippen LogP contribution >= 0.6 is 0 Å². The molecule has 7 nitrogen and oxygen atoms in total. The molecule has 0 spiro atoms. The number of ether oxygens (including phenoxy) is 2. The molecular weight excluding hydrogens is 530 g/mol. The predicted molar refractivity (Wildman–Crippen MR) is 164 cm³/mol. The van der Waals surface area contributed by atoms with E-state index in [1.54, 1.807) is 35.2 Å². The maximum Gasteiger partial charge on any atom is 0.338 e. The summed E-state index contributed by atoms with van der Waals surface area (Å²) < 4.78 is 17.4. The van der Waals surface area contributed by atoms with Crippen LogP contribution in [0.1, 0.15) is 95.2 Å². The quantitative estimate of drug-likeness (QED) is 0.136. The number of anilines is 1. The van der Waals surface area contributed by atoms with Gasteiger partial charge in [-0.15, -0.1) is 0 Å². The average Bonchev–Trinajstić information content (AvgIpc) is 3.29. The zero-order chi connectivity index (χ0) is 29.8. The van der Waals surface area contributed by atoms with Crippen LogP contribution in [-0.2, 0) is 4.74 Å². The first-order chi connectivity index (χ1) is 20.3. The van der Waals surface area contributed by atoms with Crippen LogP contribution in [0.25, 0.3) is 11.0 Å². The topological polar surface area (TPSA) is 86.0 Å². The molecule has 7 heteroatoms. The van der Waals surface area contributed by atoms with Gasteiger partial charge in [-0.05, 0) is 91.9 Å². The number of fused-ring (bicyclic) bond motifs is 2. The summed E-state index contributed by atoms with van der Waals surface area (Å²) in [7, 11) is 0. The highest BCUT2D eigenvalue weighted by Gasteiger charge is 2.43. The van der Waals surface area contributed by atoms with Gasteiger partial charge in [-0.3, -0.25) is 14.5 Å². The first kappa shape index (κ1) is 29.1. The van der Waals surface area contributed by atoms with Crippen LogP contribution in [0, 0.1) is 13.8 Å². The van der Waals surface area contributed by atoms with E-state index in [1.165, 1.54) is 0 Å². The minimum Gasteiger partial charge on any atom is -0.494 e. The number of unbranched alkanes of at least 4 members (excludes halogenated alkanes) is 3. The van der Waals surface area contributed by atoms with E-state index in [-0.39, 0.29) is 11.2 Å². The summed E-state index contributed by atoms with van der Waals surface area (Å²) in [5.74, 6) is -0.0615. The number of hydrogen-bond acceptors (Lipinski definition) is 6. The van der Waals surface area contributed by atoms with Crippen molar-refractivity contribution in [2.24, 2.45) is 0 Å². The van der Waals surface area contributed by atoms with Crippen molar-refractivity contribution < 1.29 is 23.5 Å². The number of nitrogens with zero attached hydrogens (tertiary/aromatic N) is 1. The number of rotatable bonds is 11. The van der Waals surface area contributed by atoms with Gasteiger partial charge < -0.3 is 13.9 Å². The Morgan fingerprint density at radius 3 is 2.24 bits per heavy atom. The standard InChI is InChI=1S/C35H37NO6/c1-5-7-9-19-40-27-16-12-24(13-17-27)31-30-32(37)28-20-22(3)23(4)21-29(28)42-33(30)34(38)36(31)26-14-10-25(11-15-26)35(39)41-18-8-6-2/h10-17,20-21,31H,5-9,18-19H2,1-4H3. The zero-order valence-electron chi connectivity index (χ0n) is 24.7. The molecule has 0 aliphatic carbocycles. The van der Waals surface area contributed by atoms with Gasteiger partial charge in [0.25, 0.3) is 5.91 Å². The molecule has 4 aromatic rings. The van der Waals surface area contributed by atoms with Gasteiger partial charge >= 0.3 is 5.97 Å². The molecule has 1 aliphatic rings. The van der Waals surface area contributed by atoms with Crippen molar-refractivity contribution in [3.8, 4) is 5.75 Å². The van der Waals surface area contributed by atoms with Crippen LogP contribution in [0.3, 0.4) is 0 Å². The summed E-state index contributed by atoms with van der Waals surface area (Å²) in [6, 6.07) is 17.1. The first-order valence-electron chi connectivity index (χ1n) is 14.8. The lowest BCUT2D eigenvalue weighted by Crippen LogP contribution is -2.29. The van der Waals surface area contributed by atoms with Gasteiger partial charge in [0.2, 0.25) is 5.76 Å². The summed E-state index contributed by atoms with van der Waals surface area (Å²) in [5, 5.41) is 0.442. The van der Waals surface area contributed by atoms with E-state index in [0.29, 0.717) is 41.0 Å². The smallest absolute Gasteiger partial charge is 0.338 e. The Morgan fingerprint density at radius 2 is 1.55 bits per heavy atom. The number of hydrogen-bond donors (Lipinski definition) is 0. The molecule has 1 amide bonds. The van der Waals surface area contributed by atoms with Crippen molar-refractivity contribution in [1.82, 2.24) is 0 Å². The molecule has 3 aromatic carbocycles. The summed E-state index contributed by atoms with van der Waals surface area (Å²) >= 11 is 0. The van der Waals surface area contributed by atoms with Crippen molar-refractivity contribution in [1.29, 1.82) is 0 Å². The Bertz CT molecular complexity index is 1650. The van der Waals surface area contributed by atoms with Crippen LogP contribution in [0.2, 0.25) is 0 Å². The van der Waals surface area contributed by atoms with E-state index in [9.17, 15) is 14.4 Å². The fourth-order valence-corrected chi connectivity index (χ4v) is 5.25. The van der Waals surface area contributed by atoms with Gasteiger partial charge in [0.1, 0.15) is 11.3 Å². The Morgan fingerprint density at radius 1 is 0.857 bits per heavy atom. The number of esters is 1. The normalized spacial score (nSPS) is 14.3. The highest BCUT2D eigenvalue weighted by atomic mass is 16.5. The van der Waals surface area contributed by atoms with Crippen LogP contribution in [0.5, 0.6) is 5.75 Å². The maximum atomic E-state index is 14.0. The SMILES string of the molecule is CCCCCOc1ccc(C2c3c(oc4cc(C)c(C)cc4c3=O)C(=O)N2c2ccc(C(=O)OCCCC)cc2)cc1. The summed E-state index contributed by atoms with van der Waals surface area (Å²) in [6.45, 7) is 9.06. The molecule has 5 rings (SSSR count). The lowest BCUT2D eigenvalue weighted by Gasteiger charge is -2.25. The first-order valence-corrected chi connectivity index (χ1v) is 14.8. The van der Waals surface area contributed by atoms with E-state index >= 15 is 0 Å². The molecule has 0 saturated heterocycles. The third-order valence-electron chi connectivity index (χ3n) is 7.81. The highest BCUT2D eigenvalue weighted by Crippen LogP contribution is 2.42. The van der Waals surface area contributed by atoms with E-state index in [0.717, 1.165) is 54.5 Å². The molecule has 2 heterocycles. The van der Waals surface area contributed by atoms with Gasteiger partial charge in [-0.2, -0.15) is 0 Å². The molecule has 1 unspecified atom stereocenters. The molecule has 1 aromatic heterocycles. The summed E-state index contributed by atoms with van der Waals surface area (Å²) in [5.41, 5.74) is 4.09. The highest BCUT2D eigenvalue weighted by molar-refractivity contribution is 6.11.